The summed E-state index contributed by atoms with van der Waals surface area (Å²) < 4.78 is 13.1. The van der Waals surface area contributed by atoms with Crippen molar-refractivity contribution >= 4 is 22.7 Å². The average molecular weight is 416 g/mol. The fraction of sp³-hybridized carbons (Fsp3) is 0.565. The van der Waals surface area contributed by atoms with Crippen molar-refractivity contribution in [1.29, 1.82) is 0 Å². The first-order chi connectivity index (χ1) is 14.1. The summed E-state index contributed by atoms with van der Waals surface area (Å²) in [5, 5.41) is 1.20. The summed E-state index contributed by atoms with van der Waals surface area (Å²) >= 11 is 1.88. The quantitative estimate of drug-likeness (QED) is 0.660. The molecule has 0 bridgehead atoms. The number of Topliss-reactive ketones (excluding diaryl/α,β-unsaturated/α-hetero) is 1. The highest BCUT2D eigenvalue weighted by Crippen LogP contribution is 2.28. The molecule has 6 heteroatoms. The number of hydrogen-bond donors (Lipinski definition) is 0. The van der Waals surface area contributed by atoms with Crippen molar-refractivity contribution in [2.75, 3.05) is 38.5 Å². The molecule has 4 nitrogen and oxygen atoms in total. The van der Waals surface area contributed by atoms with E-state index < -0.39 is 0 Å². The number of allylic oxidation sites excluding steroid dienone is 1. The Morgan fingerprint density at radius 3 is 2.83 bits per heavy atom. The number of fused-ring (bicyclic) bond motifs is 1. The van der Waals surface area contributed by atoms with Crippen LogP contribution in [0.5, 0.6) is 0 Å². The van der Waals surface area contributed by atoms with Gasteiger partial charge < -0.3 is 9.80 Å². The number of thioether (sulfide) groups is 1. The fourth-order valence-corrected chi connectivity index (χ4v) is 5.46. The number of halogens is 1. The highest BCUT2D eigenvalue weighted by molar-refractivity contribution is 8.13. The van der Waals surface area contributed by atoms with E-state index >= 15 is 0 Å². The van der Waals surface area contributed by atoms with Gasteiger partial charge in [-0.3, -0.25) is 4.79 Å². The van der Waals surface area contributed by atoms with E-state index in [2.05, 4.69) is 16.7 Å². The number of amidine groups is 1. The van der Waals surface area contributed by atoms with Gasteiger partial charge in [-0.25, -0.2) is 9.38 Å². The monoisotopic (exact) mass is 415 g/mol. The number of nitrogens with zero attached hydrogens (tertiary/aromatic N) is 3. The van der Waals surface area contributed by atoms with Crippen molar-refractivity contribution in [3.63, 3.8) is 0 Å². The molecule has 2 fully saturated rings. The predicted molar refractivity (Wildman–Crippen MR) is 118 cm³/mol. The number of aliphatic imine (C=N–C) groups is 1. The lowest BCUT2D eigenvalue weighted by Crippen LogP contribution is -2.38. The predicted octanol–water partition coefficient (Wildman–Crippen LogP) is 4.58. The summed E-state index contributed by atoms with van der Waals surface area (Å²) in [6.45, 7) is 7.34. The molecule has 0 aliphatic carbocycles. The normalized spacial score (nSPS) is 23.4. The zero-order valence-corrected chi connectivity index (χ0v) is 18.0. The third kappa shape index (κ3) is 5.10. The van der Waals surface area contributed by atoms with Crippen LogP contribution < -0.4 is 0 Å². The van der Waals surface area contributed by atoms with Gasteiger partial charge >= 0.3 is 0 Å². The molecule has 2 saturated heterocycles. The molecular formula is C23H30FN3OS. The molecule has 3 heterocycles. The van der Waals surface area contributed by atoms with Gasteiger partial charge in [-0.1, -0.05) is 11.8 Å². The maximum Gasteiger partial charge on any atom is 0.165 e. The summed E-state index contributed by atoms with van der Waals surface area (Å²) in [6.07, 6.45) is 5.15. The zero-order chi connectivity index (χ0) is 20.2. The Morgan fingerprint density at radius 2 is 2.00 bits per heavy atom. The van der Waals surface area contributed by atoms with Gasteiger partial charge in [0.25, 0.3) is 0 Å². The van der Waals surface area contributed by atoms with Gasteiger partial charge in [-0.2, -0.15) is 0 Å². The summed E-state index contributed by atoms with van der Waals surface area (Å²) in [6, 6.07) is 6.00. The molecule has 0 saturated carbocycles. The average Bonchev–Trinajstić information content (AvgIpc) is 2.98. The lowest BCUT2D eigenvalue weighted by atomic mass is 9.91. The van der Waals surface area contributed by atoms with Crippen LogP contribution in [-0.4, -0.2) is 59.2 Å². The number of rotatable bonds is 5. The minimum absolute atomic E-state index is 0.0543. The van der Waals surface area contributed by atoms with Crippen LogP contribution in [0.25, 0.3) is 0 Å². The Kier molecular flexibility index (Phi) is 6.70. The van der Waals surface area contributed by atoms with Crippen LogP contribution in [0.15, 0.2) is 40.5 Å². The Labute approximate surface area is 177 Å². The van der Waals surface area contributed by atoms with Gasteiger partial charge in [0.15, 0.2) is 11.0 Å². The molecule has 0 aromatic heterocycles. The van der Waals surface area contributed by atoms with Crippen LogP contribution in [0, 0.1) is 11.7 Å². The molecule has 1 atom stereocenters. The van der Waals surface area contributed by atoms with Gasteiger partial charge in [0.2, 0.25) is 0 Å². The third-order valence-corrected chi connectivity index (χ3v) is 7.38. The number of carbonyl (C=O) groups is 1. The van der Waals surface area contributed by atoms with Crippen molar-refractivity contribution in [2.45, 2.75) is 39.0 Å². The van der Waals surface area contributed by atoms with Crippen LogP contribution in [0.4, 0.5) is 4.39 Å². The summed E-state index contributed by atoms with van der Waals surface area (Å²) in [5.74, 6) is 1.12. The van der Waals surface area contributed by atoms with Crippen LogP contribution in [-0.2, 0) is 0 Å². The van der Waals surface area contributed by atoms with E-state index in [9.17, 15) is 9.18 Å². The minimum atomic E-state index is -0.291. The molecule has 29 heavy (non-hydrogen) atoms. The molecule has 0 spiro atoms. The van der Waals surface area contributed by atoms with Gasteiger partial charge in [0.05, 0.1) is 0 Å². The molecule has 156 valence electrons. The molecular weight excluding hydrogens is 385 g/mol. The number of likely N-dealkylation sites (tertiary alicyclic amines) is 1. The summed E-state index contributed by atoms with van der Waals surface area (Å²) in [4.78, 5) is 22.5. The van der Waals surface area contributed by atoms with Crippen molar-refractivity contribution < 1.29 is 9.18 Å². The molecule has 1 aromatic rings. The van der Waals surface area contributed by atoms with Crippen molar-refractivity contribution in [1.82, 2.24) is 9.80 Å². The van der Waals surface area contributed by atoms with E-state index in [1.165, 1.54) is 40.7 Å². The molecule has 1 unspecified atom stereocenters. The SMILES string of the molecule is CC1=C(CCN2CCCC(C(=O)c3ccc(F)cc3)CC2)CN2CCCSC2=N1. The second kappa shape index (κ2) is 9.43. The summed E-state index contributed by atoms with van der Waals surface area (Å²) in [5.41, 5.74) is 3.30. The molecule has 3 aliphatic rings. The Hall–Kier alpha value is -1.66. The van der Waals surface area contributed by atoms with Crippen LogP contribution >= 0.6 is 11.8 Å². The lowest BCUT2D eigenvalue weighted by molar-refractivity contribution is 0.0907. The maximum atomic E-state index is 13.1. The molecule has 4 rings (SSSR count). The first-order valence-corrected chi connectivity index (χ1v) is 11.8. The van der Waals surface area contributed by atoms with Crippen molar-refractivity contribution in [2.24, 2.45) is 10.9 Å². The van der Waals surface area contributed by atoms with Crippen molar-refractivity contribution in [3.8, 4) is 0 Å². The van der Waals surface area contributed by atoms with Crippen LogP contribution in [0.2, 0.25) is 0 Å². The van der Waals surface area contributed by atoms with Gasteiger partial charge in [0.1, 0.15) is 5.82 Å². The largest absolute Gasteiger partial charge is 0.347 e. The Balaban J connectivity index is 1.30. The number of ketones is 1. The van der Waals surface area contributed by atoms with E-state index in [4.69, 9.17) is 4.99 Å². The van der Waals surface area contributed by atoms with Gasteiger partial charge in [-0.15, -0.1) is 0 Å². The van der Waals surface area contributed by atoms with Crippen LogP contribution in [0.1, 0.15) is 49.4 Å². The number of benzene rings is 1. The first kappa shape index (κ1) is 20.6. The molecule has 0 N–H and O–H groups in total. The van der Waals surface area contributed by atoms with E-state index in [1.807, 2.05) is 11.8 Å². The highest BCUT2D eigenvalue weighted by Gasteiger charge is 2.26. The number of hydrogen-bond acceptors (Lipinski definition) is 5. The van der Waals surface area contributed by atoms with Gasteiger partial charge in [0, 0.05) is 42.6 Å². The second-order valence-corrected chi connectivity index (χ2v) is 9.36. The van der Waals surface area contributed by atoms with E-state index in [-0.39, 0.29) is 17.5 Å². The molecule has 0 amide bonds. The fourth-order valence-electron chi connectivity index (χ4n) is 4.47. The number of carbonyl (C=O) groups excluding carboxylic acids is 1. The molecule has 0 radical (unpaired) electrons. The van der Waals surface area contributed by atoms with Gasteiger partial charge in [-0.05, 0) is 82.0 Å². The standard InChI is InChI=1S/C23H30FN3OS/c1-17-20(16-27-12-3-15-29-23(27)25-17)10-14-26-11-2-4-18(9-13-26)22(28)19-5-7-21(24)8-6-19/h5-8,18H,2-4,9-16H2,1H3. The molecule has 1 aromatic carbocycles. The Bertz CT molecular complexity index is 805. The third-order valence-electron chi connectivity index (χ3n) is 6.28. The summed E-state index contributed by atoms with van der Waals surface area (Å²) in [7, 11) is 0. The topological polar surface area (TPSA) is 35.9 Å². The molecule has 3 aliphatic heterocycles. The smallest absolute Gasteiger partial charge is 0.165 e. The lowest BCUT2D eigenvalue weighted by Gasteiger charge is -2.34. The van der Waals surface area contributed by atoms with Crippen LogP contribution in [0.3, 0.4) is 0 Å². The van der Waals surface area contributed by atoms with Crippen molar-refractivity contribution in [3.05, 3.63) is 46.9 Å². The van der Waals surface area contributed by atoms with E-state index in [0.29, 0.717) is 5.56 Å². The first-order valence-electron chi connectivity index (χ1n) is 10.8. The highest BCUT2D eigenvalue weighted by atomic mass is 32.2. The second-order valence-electron chi connectivity index (χ2n) is 8.30. The Morgan fingerprint density at radius 1 is 1.17 bits per heavy atom. The minimum Gasteiger partial charge on any atom is -0.347 e. The van der Waals surface area contributed by atoms with E-state index in [0.717, 1.165) is 58.4 Å². The zero-order valence-electron chi connectivity index (χ0n) is 17.2. The maximum absolute atomic E-state index is 13.1. The van der Waals surface area contributed by atoms with E-state index in [1.54, 1.807) is 12.1 Å².